The first-order valence-corrected chi connectivity index (χ1v) is 9.59. The van der Waals surface area contributed by atoms with E-state index >= 15 is 0 Å². The predicted molar refractivity (Wildman–Crippen MR) is 105 cm³/mol. The number of anilines is 1. The van der Waals surface area contributed by atoms with Crippen LogP contribution in [0.2, 0.25) is 0 Å². The Bertz CT molecular complexity index is 814. The highest BCUT2D eigenvalue weighted by atomic mass is 79.9. The fraction of sp³-hybridized carbons (Fsp3) is 0.350. The van der Waals surface area contributed by atoms with Crippen LogP contribution in [0.4, 0.5) is 5.82 Å². The van der Waals surface area contributed by atoms with E-state index in [2.05, 4.69) is 56.2 Å². The number of hydrogen-bond acceptors (Lipinski definition) is 5. The minimum Gasteiger partial charge on any atom is -0.486 e. The van der Waals surface area contributed by atoms with E-state index in [4.69, 9.17) is 10.00 Å². The Kier molecular flexibility index (Phi) is 6.24. The quantitative estimate of drug-likeness (QED) is 0.647. The molecule has 2 aromatic rings. The summed E-state index contributed by atoms with van der Waals surface area (Å²) in [5.41, 5.74) is 1.41. The van der Waals surface area contributed by atoms with Crippen molar-refractivity contribution in [3.05, 3.63) is 58.2 Å². The van der Waals surface area contributed by atoms with Crippen molar-refractivity contribution in [1.82, 2.24) is 10.2 Å². The minimum atomic E-state index is 0.133. The van der Waals surface area contributed by atoms with E-state index in [-0.39, 0.29) is 6.10 Å². The van der Waals surface area contributed by atoms with Gasteiger partial charge in [-0.15, -0.1) is 10.2 Å². The van der Waals surface area contributed by atoms with Gasteiger partial charge in [0, 0.05) is 23.1 Å². The van der Waals surface area contributed by atoms with Gasteiger partial charge in [0.15, 0.2) is 11.5 Å². The number of aromatic nitrogens is 2. The van der Waals surface area contributed by atoms with Gasteiger partial charge < -0.3 is 9.64 Å². The van der Waals surface area contributed by atoms with Crippen LogP contribution in [0.25, 0.3) is 0 Å². The van der Waals surface area contributed by atoms with Crippen LogP contribution in [-0.2, 0) is 6.54 Å². The zero-order chi connectivity index (χ0) is 18.4. The maximum atomic E-state index is 8.89. The Hall–Kier alpha value is -2.39. The molecular weight excluding hydrogens is 392 g/mol. The van der Waals surface area contributed by atoms with Crippen LogP contribution in [0.5, 0.6) is 5.75 Å². The van der Waals surface area contributed by atoms with E-state index in [0.29, 0.717) is 12.2 Å². The molecule has 1 unspecified atom stereocenters. The maximum absolute atomic E-state index is 8.89. The summed E-state index contributed by atoms with van der Waals surface area (Å²) < 4.78 is 7.26. The largest absolute Gasteiger partial charge is 0.486 e. The third kappa shape index (κ3) is 4.61. The van der Waals surface area contributed by atoms with Gasteiger partial charge in [-0.1, -0.05) is 22.0 Å². The van der Waals surface area contributed by atoms with E-state index in [0.717, 1.165) is 47.4 Å². The number of nitriles is 1. The number of halogens is 1. The summed E-state index contributed by atoms with van der Waals surface area (Å²) in [5.74, 6) is 1.64. The first-order valence-electron chi connectivity index (χ1n) is 8.80. The van der Waals surface area contributed by atoms with Gasteiger partial charge >= 0.3 is 0 Å². The lowest BCUT2D eigenvalue weighted by atomic mass is 10.1. The van der Waals surface area contributed by atoms with E-state index < -0.39 is 0 Å². The molecule has 3 rings (SSSR count). The fourth-order valence-corrected chi connectivity index (χ4v) is 3.35. The lowest BCUT2D eigenvalue weighted by Crippen LogP contribution is -2.24. The van der Waals surface area contributed by atoms with Crippen molar-refractivity contribution in [2.24, 2.45) is 0 Å². The summed E-state index contributed by atoms with van der Waals surface area (Å²) in [6, 6.07) is 11.6. The van der Waals surface area contributed by atoms with Gasteiger partial charge in [-0.25, -0.2) is 0 Å². The molecule has 0 spiro atoms. The van der Waals surface area contributed by atoms with Gasteiger partial charge in [0.2, 0.25) is 0 Å². The molecule has 5 nitrogen and oxygen atoms in total. The number of rotatable bonds is 6. The Morgan fingerprint density at radius 3 is 2.85 bits per heavy atom. The normalized spacial score (nSPS) is 16.1. The molecule has 1 aromatic carbocycles. The van der Waals surface area contributed by atoms with Gasteiger partial charge in [-0.2, -0.15) is 5.26 Å². The van der Waals surface area contributed by atoms with Crippen molar-refractivity contribution in [3.63, 3.8) is 0 Å². The van der Waals surface area contributed by atoms with E-state index in [9.17, 15) is 0 Å². The second kappa shape index (κ2) is 8.81. The maximum Gasteiger partial charge on any atom is 0.163 e. The molecule has 26 heavy (non-hydrogen) atoms. The van der Waals surface area contributed by atoms with Crippen LogP contribution in [0.3, 0.4) is 0 Å². The number of benzene rings is 1. The molecule has 0 saturated carbocycles. The van der Waals surface area contributed by atoms with Crippen LogP contribution in [0.1, 0.15) is 37.4 Å². The van der Waals surface area contributed by atoms with Gasteiger partial charge in [-0.3, -0.25) is 0 Å². The summed E-state index contributed by atoms with van der Waals surface area (Å²) in [7, 11) is 0. The van der Waals surface area contributed by atoms with Gasteiger partial charge in [0.25, 0.3) is 0 Å². The van der Waals surface area contributed by atoms with Crippen molar-refractivity contribution >= 4 is 21.7 Å². The molecule has 0 fully saturated rings. The average Bonchev–Trinajstić information content (AvgIpc) is 2.69. The highest BCUT2D eigenvalue weighted by Crippen LogP contribution is 2.28. The zero-order valence-electron chi connectivity index (χ0n) is 14.7. The second-order valence-corrected chi connectivity index (χ2v) is 7.09. The highest BCUT2D eigenvalue weighted by Gasteiger charge is 2.16. The highest BCUT2D eigenvalue weighted by molar-refractivity contribution is 9.10. The van der Waals surface area contributed by atoms with Crippen molar-refractivity contribution in [2.45, 2.75) is 38.8 Å². The van der Waals surface area contributed by atoms with Crippen LogP contribution in [0.15, 0.2) is 47.0 Å². The Morgan fingerprint density at radius 2 is 2.19 bits per heavy atom. The molecule has 1 aromatic heterocycles. The lowest BCUT2D eigenvalue weighted by Gasteiger charge is -2.25. The number of ether oxygens (including phenoxy) is 1. The molecule has 1 atom stereocenters. The SMILES string of the molecule is CCN(Cc1cc(Br)ccc1OC1C=CCCC1)c1ccc(C#N)nn1. The Labute approximate surface area is 162 Å². The van der Waals surface area contributed by atoms with Crippen molar-refractivity contribution in [1.29, 1.82) is 5.26 Å². The lowest BCUT2D eigenvalue weighted by molar-refractivity contribution is 0.227. The molecule has 0 amide bonds. The molecule has 1 aliphatic rings. The second-order valence-electron chi connectivity index (χ2n) is 6.17. The molecule has 1 aliphatic carbocycles. The van der Waals surface area contributed by atoms with Crippen LogP contribution < -0.4 is 9.64 Å². The molecule has 0 aliphatic heterocycles. The van der Waals surface area contributed by atoms with Crippen molar-refractivity contribution in [3.8, 4) is 11.8 Å². The summed E-state index contributed by atoms with van der Waals surface area (Å²) in [4.78, 5) is 2.11. The van der Waals surface area contributed by atoms with Gasteiger partial charge in [0.1, 0.15) is 17.9 Å². The standard InChI is InChI=1S/C20H21BrN4O/c1-2-25(20-11-9-17(13-22)23-24-20)14-15-12-16(21)8-10-19(15)26-18-6-4-3-5-7-18/h4,6,8-12,18H,2-3,5,7,14H2,1H3. The molecule has 0 N–H and O–H groups in total. The van der Waals surface area contributed by atoms with Crippen LogP contribution in [-0.4, -0.2) is 22.8 Å². The first-order chi connectivity index (χ1) is 12.7. The topological polar surface area (TPSA) is 62.0 Å². The first kappa shape index (κ1) is 18.4. The summed E-state index contributed by atoms with van der Waals surface area (Å²) in [6.45, 7) is 3.50. The van der Waals surface area contributed by atoms with Gasteiger partial charge in [-0.05, 0) is 62.6 Å². The third-order valence-electron chi connectivity index (χ3n) is 4.34. The zero-order valence-corrected chi connectivity index (χ0v) is 16.3. The number of hydrogen-bond donors (Lipinski definition) is 0. The average molecular weight is 413 g/mol. The predicted octanol–water partition coefficient (Wildman–Crippen LogP) is 4.62. The van der Waals surface area contributed by atoms with E-state index in [1.807, 2.05) is 24.3 Å². The summed E-state index contributed by atoms with van der Waals surface area (Å²) in [6.07, 6.45) is 7.82. The van der Waals surface area contributed by atoms with Crippen LogP contribution >= 0.6 is 15.9 Å². The van der Waals surface area contributed by atoms with Crippen molar-refractivity contribution < 1.29 is 4.74 Å². The Morgan fingerprint density at radius 1 is 1.31 bits per heavy atom. The molecule has 134 valence electrons. The minimum absolute atomic E-state index is 0.133. The van der Waals surface area contributed by atoms with Gasteiger partial charge in [0.05, 0.1) is 0 Å². The molecule has 0 bridgehead atoms. The summed E-state index contributed by atoms with van der Waals surface area (Å²) >= 11 is 3.56. The molecule has 1 heterocycles. The third-order valence-corrected chi connectivity index (χ3v) is 4.84. The van der Waals surface area contributed by atoms with Crippen molar-refractivity contribution in [2.75, 3.05) is 11.4 Å². The monoisotopic (exact) mass is 412 g/mol. The molecule has 0 radical (unpaired) electrons. The number of nitrogens with zero attached hydrogens (tertiary/aromatic N) is 4. The molecule has 6 heteroatoms. The smallest absolute Gasteiger partial charge is 0.163 e. The molecular formula is C20H21BrN4O. The van der Waals surface area contributed by atoms with E-state index in [1.165, 1.54) is 0 Å². The number of allylic oxidation sites excluding steroid dienone is 1. The van der Waals surface area contributed by atoms with Crippen LogP contribution in [0, 0.1) is 11.3 Å². The molecule has 0 saturated heterocycles. The van der Waals surface area contributed by atoms with E-state index in [1.54, 1.807) is 6.07 Å². The fourth-order valence-electron chi connectivity index (χ4n) is 2.94. The Balaban J connectivity index is 1.82. The summed E-state index contributed by atoms with van der Waals surface area (Å²) in [5, 5.41) is 17.0.